The lowest BCUT2D eigenvalue weighted by Crippen LogP contribution is -2.48. The number of benzene rings is 3. The van der Waals surface area contributed by atoms with E-state index in [1.54, 1.807) is 66.2 Å². The Labute approximate surface area is 271 Å². The van der Waals surface area contributed by atoms with E-state index in [1.165, 1.54) is 0 Å². The van der Waals surface area contributed by atoms with Crippen molar-refractivity contribution in [3.05, 3.63) is 90.0 Å². The largest absolute Gasteiger partial charge is 0.490 e. The van der Waals surface area contributed by atoms with Gasteiger partial charge in [0.1, 0.15) is 5.75 Å². The Morgan fingerprint density at radius 2 is 1.65 bits per heavy atom. The first-order valence-corrected chi connectivity index (χ1v) is 15.9. The number of likely N-dealkylation sites (N-methyl/N-ethyl adjacent to an activating group) is 1. The number of fused-ring (bicyclic) bond motifs is 1. The zero-order valence-electron chi connectivity index (χ0n) is 27.1. The first kappa shape index (κ1) is 34.5. The Bertz CT molecular complexity index is 1440. The minimum Gasteiger partial charge on any atom is -0.490 e. The number of urea groups is 1. The maximum Gasteiger partial charge on any atom is 0.323 e. The lowest BCUT2D eigenvalue weighted by molar-refractivity contribution is -0.0149. The molecule has 0 saturated heterocycles. The molecule has 246 valence electrons. The first-order chi connectivity index (χ1) is 22.2. The third kappa shape index (κ3) is 9.55. The molecule has 10 nitrogen and oxygen atoms in total. The number of amides is 4. The zero-order valence-corrected chi connectivity index (χ0v) is 27.1. The average Bonchev–Trinajstić information content (AvgIpc) is 3.06. The molecule has 1 aliphatic heterocycles. The van der Waals surface area contributed by atoms with Crippen LogP contribution in [0.2, 0.25) is 0 Å². The molecule has 4 rings (SSSR count). The van der Waals surface area contributed by atoms with Gasteiger partial charge in [-0.1, -0.05) is 43.3 Å². The molecule has 3 aromatic carbocycles. The fourth-order valence-electron chi connectivity index (χ4n) is 5.43. The minimum atomic E-state index is -0.518. The number of ether oxygens (including phenoxy) is 2. The second-order valence-electron chi connectivity index (χ2n) is 12.0. The SMILES string of the molecule is C[C@@H]1CCCCO[C@H](CN(C)C(=O)c2ccccc2)[C@@H](C)CN([C@@H](C)CO)C(=O)c2cc(NC(=O)Nc3ccccc3)ccc2O1. The Kier molecular flexibility index (Phi) is 12.6. The summed E-state index contributed by atoms with van der Waals surface area (Å²) < 4.78 is 12.7. The van der Waals surface area contributed by atoms with Crippen molar-refractivity contribution in [2.75, 3.05) is 44.0 Å². The summed E-state index contributed by atoms with van der Waals surface area (Å²) in [7, 11) is 1.76. The maximum atomic E-state index is 14.3. The Morgan fingerprint density at radius 1 is 0.978 bits per heavy atom. The van der Waals surface area contributed by atoms with Crippen LogP contribution in [0, 0.1) is 5.92 Å². The van der Waals surface area contributed by atoms with Crippen molar-refractivity contribution in [3.8, 4) is 5.75 Å². The van der Waals surface area contributed by atoms with E-state index in [1.807, 2.05) is 50.2 Å². The van der Waals surface area contributed by atoms with Crippen LogP contribution in [0.3, 0.4) is 0 Å². The normalized spacial score (nSPS) is 20.0. The Balaban J connectivity index is 1.60. The lowest BCUT2D eigenvalue weighted by Gasteiger charge is -2.36. The molecule has 3 N–H and O–H groups in total. The molecule has 4 atom stereocenters. The van der Waals surface area contributed by atoms with Crippen molar-refractivity contribution in [1.29, 1.82) is 0 Å². The van der Waals surface area contributed by atoms with E-state index in [2.05, 4.69) is 10.6 Å². The van der Waals surface area contributed by atoms with Crippen LogP contribution in [0.15, 0.2) is 78.9 Å². The van der Waals surface area contributed by atoms with Crippen molar-refractivity contribution in [3.63, 3.8) is 0 Å². The topological polar surface area (TPSA) is 120 Å². The van der Waals surface area contributed by atoms with Gasteiger partial charge in [0.2, 0.25) is 0 Å². The molecule has 1 heterocycles. The third-order valence-corrected chi connectivity index (χ3v) is 8.16. The number of hydrogen-bond donors (Lipinski definition) is 3. The van der Waals surface area contributed by atoms with Gasteiger partial charge >= 0.3 is 6.03 Å². The van der Waals surface area contributed by atoms with Crippen molar-refractivity contribution in [2.45, 2.75) is 58.3 Å². The molecular formula is C36H46N4O6. The molecule has 0 unspecified atom stereocenters. The summed E-state index contributed by atoms with van der Waals surface area (Å²) in [6, 6.07) is 22.2. The molecule has 0 fully saturated rings. The highest BCUT2D eigenvalue weighted by atomic mass is 16.5. The first-order valence-electron chi connectivity index (χ1n) is 15.9. The van der Waals surface area contributed by atoms with Gasteiger partial charge in [-0.15, -0.1) is 0 Å². The molecule has 4 amide bonds. The summed E-state index contributed by atoms with van der Waals surface area (Å²) in [6.45, 7) is 6.60. The van der Waals surface area contributed by atoms with Gasteiger partial charge in [-0.2, -0.15) is 0 Å². The lowest BCUT2D eigenvalue weighted by atomic mass is 10.0. The quantitative estimate of drug-likeness (QED) is 0.299. The van der Waals surface area contributed by atoms with E-state index in [9.17, 15) is 19.5 Å². The number of rotatable bonds is 7. The van der Waals surface area contributed by atoms with E-state index >= 15 is 0 Å². The van der Waals surface area contributed by atoms with Crippen LogP contribution in [0.4, 0.5) is 16.2 Å². The number of para-hydroxylation sites is 1. The molecule has 3 aromatic rings. The number of nitrogens with one attached hydrogen (secondary N) is 2. The van der Waals surface area contributed by atoms with Gasteiger partial charge in [0.15, 0.2) is 0 Å². The number of hydrogen-bond acceptors (Lipinski definition) is 6. The number of anilines is 2. The van der Waals surface area contributed by atoms with E-state index in [-0.39, 0.29) is 48.7 Å². The summed E-state index contributed by atoms with van der Waals surface area (Å²) >= 11 is 0. The molecule has 0 spiro atoms. The standard InChI is InChI=1S/C36H46N4O6/c1-25-22-40(26(2)24-41)35(43)31-21-30(38-36(44)37-29-16-9-6-10-17-29)18-19-32(31)46-27(3)13-11-12-20-45-33(25)23-39(4)34(42)28-14-7-5-8-15-28/h5-10,14-19,21,25-27,33,41H,11-13,20,22-24H2,1-4H3,(H2,37,38,44)/t25-,26-,27+,33+/m0/s1. The second kappa shape index (κ2) is 16.8. The van der Waals surface area contributed by atoms with Gasteiger partial charge in [-0.3, -0.25) is 9.59 Å². The van der Waals surface area contributed by atoms with Gasteiger partial charge in [0.25, 0.3) is 11.8 Å². The van der Waals surface area contributed by atoms with Crippen molar-refractivity contribution in [1.82, 2.24) is 9.80 Å². The van der Waals surface area contributed by atoms with E-state index < -0.39 is 12.1 Å². The van der Waals surface area contributed by atoms with Crippen molar-refractivity contribution in [2.24, 2.45) is 5.92 Å². The van der Waals surface area contributed by atoms with E-state index in [0.29, 0.717) is 35.8 Å². The van der Waals surface area contributed by atoms with Crippen LogP contribution in [0.25, 0.3) is 0 Å². The second-order valence-corrected chi connectivity index (χ2v) is 12.0. The molecule has 0 bridgehead atoms. The maximum absolute atomic E-state index is 14.3. The van der Waals surface area contributed by atoms with Gasteiger partial charge in [-0.25, -0.2) is 4.79 Å². The molecule has 0 aliphatic carbocycles. The fraction of sp³-hybridized carbons (Fsp3) is 0.417. The van der Waals surface area contributed by atoms with Crippen LogP contribution in [-0.2, 0) is 4.74 Å². The molecule has 1 aliphatic rings. The molecule has 0 radical (unpaired) electrons. The number of carbonyl (C=O) groups excluding carboxylic acids is 3. The monoisotopic (exact) mass is 630 g/mol. The van der Waals surface area contributed by atoms with E-state index in [4.69, 9.17) is 9.47 Å². The summed E-state index contributed by atoms with van der Waals surface area (Å²) in [6.07, 6.45) is 1.89. The van der Waals surface area contributed by atoms with E-state index in [0.717, 1.165) is 19.3 Å². The van der Waals surface area contributed by atoms with Crippen LogP contribution in [0.5, 0.6) is 5.75 Å². The highest BCUT2D eigenvalue weighted by Gasteiger charge is 2.31. The number of aliphatic hydroxyl groups excluding tert-OH is 1. The van der Waals surface area contributed by atoms with Gasteiger partial charge in [0, 0.05) is 49.6 Å². The summed E-state index contributed by atoms with van der Waals surface area (Å²) in [5.74, 6) is -0.225. The van der Waals surface area contributed by atoms with Crippen LogP contribution >= 0.6 is 0 Å². The van der Waals surface area contributed by atoms with Crippen molar-refractivity contribution >= 4 is 29.2 Å². The highest BCUT2D eigenvalue weighted by Crippen LogP contribution is 2.29. The molecular weight excluding hydrogens is 584 g/mol. The summed E-state index contributed by atoms with van der Waals surface area (Å²) in [5, 5.41) is 15.8. The molecule has 0 saturated carbocycles. The molecule has 0 aromatic heterocycles. The van der Waals surface area contributed by atoms with Gasteiger partial charge in [-0.05, 0) is 75.6 Å². The van der Waals surface area contributed by atoms with Gasteiger partial charge in [0.05, 0.1) is 30.4 Å². The molecule has 10 heteroatoms. The third-order valence-electron chi connectivity index (χ3n) is 8.16. The Hall–Kier alpha value is -4.41. The highest BCUT2D eigenvalue weighted by molar-refractivity contribution is 6.02. The number of nitrogens with zero attached hydrogens (tertiary/aromatic N) is 2. The summed E-state index contributed by atoms with van der Waals surface area (Å²) in [4.78, 5) is 43.5. The van der Waals surface area contributed by atoms with Crippen LogP contribution < -0.4 is 15.4 Å². The minimum absolute atomic E-state index is 0.108. The van der Waals surface area contributed by atoms with Crippen molar-refractivity contribution < 1.29 is 29.0 Å². The molecule has 46 heavy (non-hydrogen) atoms. The smallest absolute Gasteiger partial charge is 0.323 e. The zero-order chi connectivity index (χ0) is 33.1. The fourth-order valence-corrected chi connectivity index (χ4v) is 5.43. The van der Waals surface area contributed by atoms with Crippen LogP contribution in [-0.4, -0.2) is 84.4 Å². The van der Waals surface area contributed by atoms with Gasteiger partial charge < -0.3 is 35.0 Å². The average molecular weight is 631 g/mol. The van der Waals surface area contributed by atoms with Crippen LogP contribution in [0.1, 0.15) is 60.7 Å². The number of aliphatic hydroxyl groups is 1. The predicted octanol–water partition coefficient (Wildman–Crippen LogP) is 5.90. The Morgan fingerprint density at radius 3 is 2.35 bits per heavy atom. The predicted molar refractivity (Wildman–Crippen MR) is 179 cm³/mol. The number of carbonyl (C=O) groups is 3. The summed E-state index contributed by atoms with van der Waals surface area (Å²) in [5.41, 5.74) is 1.93.